The zero-order valence-corrected chi connectivity index (χ0v) is 17.6. The summed E-state index contributed by atoms with van der Waals surface area (Å²) in [6.45, 7) is 2.41. The van der Waals surface area contributed by atoms with Crippen LogP contribution in [0.4, 0.5) is 0 Å². The highest BCUT2D eigenvalue weighted by atomic mass is 16.6. The minimum absolute atomic E-state index is 0.0243. The number of amides is 1. The first kappa shape index (κ1) is 25.1. The molecule has 1 aliphatic rings. The van der Waals surface area contributed by atoms with E-state index < -0.39 is 6.10 Å². The van der Waals surface area contributed by atoms with Crippen LogP contribution in [0, 0.1) is 0 Å². The Balaban J connectivity index is 2.01. The van der Waals surface area contributed by atoms with Gasteiger partial charge in [0.1, 0.15) is 6.10 Å². The van der Waals surface area contributed by atoms with Crippen LogP contribution in [0.5, 0.6) is 0 Å². The van der Waals surface area contributed by atoms with Crippen molar-refractivity contribution in [3.63, 3.8) is 0 Å². The third-order valence-electron chi connectivity index (χ3n) is 4.31. The van der Waals surface area contributed by atoms with Crippen molar-refractivity contribution in [2.45, 2.75) is 70.2 Å². The molecular formula is C24H37NO4. The Morgan fingerprint density at radius 2 is 1.79 bits per heavy atom. The van der Waals surface area contributed by atoms with E-state index >= 15 is 0 Å². The van der Waals surface area contributed by atoms with Gasteiger partial charge < -0.3 is 20.3 Å². The van der Waals surface area contributed by atoms with E-state index in [9.17, 15) is 9.90 Å². The van der Waals surface area contributed by atoms with Crippen LogP contribution in [0.3, 0.4) is 0 Å². The molecule has 0 aromatic heterocycles. The molecule has 0 bridgehead atoms. The smallest absolute Gasteiger partial charge is 0.220 e. The minimum Gasteiger partial charge on any atom is -0.395 e. The molecule has 1 rings (SSSR count). The second-order valence-corrected chi connectivity index (χ2v) is 6.94. The molecule has 3 unspecified atom stereocenters. The summed E-state index contributed by atoms with van der Waals surface area (Å²) in [5.74, 6) is -0.0324. The summed E-state index contributed by atoms with van der Waals surface area (Å²) in [5, 5.41) is 21.2. The molecular weight excluding hydrogens is 366 g/mol. The maximum atomic E-state index is 11.3. The second-order valence-electron chi connectivity index (χ2n) is 6.94. The maximum Gasteiger partial charge on any atom is 0.220 e. The number of carbonyl (C=O) groups excluding carboxylic acids is 1. The van der Waals surface area contributed by atoms with Crippen LogP contribution < -0.4 is 5.32 Å². The number of hydrogen-bond acceptors (Lipinski definition) is 4. The number of rotatable bonds is 16. The molecule has 5 heteroatoms. The van der Waals surface area contributed by atoms with Gasteiger partial charge in [-0.1, -0.05) is 67.7 Å². The van der Waals surface area contributed by atoms with E-state index in [0.717, 1.165) is 25.7 Å². The normalized spacial score (nSPS) is 20.7. The molecule has 3 N–H and O–H groups in total. The summed E-state index contributed by atoms with van der Waals surface area (Å²) >= 11 is 0. The van der Waals surface area contributed by atoms with Crippen molar-refractivity contribution in [3.05, 3.63) is 60.8 Å². The molecule has 0 spiro atoms. The molecule has 3 atom stereocenters. The molecule has 1 saturated heterocycles. The maximum absolute atomic E-state index is 11.3. The van der Waals surface area contributed by atoms with Gasteiger partial charge in [0.05, 0.1) is 18.8 Å². The van der Waals surface area contributed by atoms with Crippen LogP contribution in [0.15, 0.2) is 60.8 Å². The number of aliphatic hydroxyl groups is 2. The van der Waals surface area contributed by atoms with Crippen LogP contribution in [0.25, 0.3) is 0 Å². The highest BCUT2D eigenvalue weighted by Crippen LogP contribution is 2.27. The summed E-state index contributed by atoms with van der Waals surface area (Å²) in [7, 11) is 0. The van der Waals surface area contributed by atoms with Gasteiger partial charge in [0.25, 0.3) is 0 Å². The van der Waals surface area contributed by atoms with Crippen molar-refractivity contribution in [3.8, 4) is 0 Å². The third-order valence-corrected chi connectivity index (χ3v) is 4.31. The van der Waals surface area contributed by atoms with Crippen molar-refractivity contribution in [2.75, 3.05) is 13.2 Å². The van der Waals surface area contributed by atoms with Crippen molar-refractivity contribution < 1.29 is 19.7 Å². The molecule has 162 valence electrons. The second kappa shape index (κ2) is 17.0. The lowest BCUT2D eigenvalue weighted by atomic mass is 10.1. The van der Waals surface area contributed by atoms with Crippen LogP contribution in [0.1, 0.15) is 51.9 Å². The first-order valence-corrected chi connectivity index (χ1v) is 10.7. The summed E-state index contributed by atoms with van der Waals surface area (Å²) in [5.41, 5.74) is 0. The van der Waals surface area contributed by atoms with Gasteiger partial charge in [-0.3, -0.25) is 4.79 Å². The highest BCUT2D eigenvalue weighted by Gasteiger charge is 2.34. The minimum atomic E-state index is -0.469. The van der Waals surface area contributed by atoms with E-state index in [4.69, 9.17) is 9.84 Å². The Labute approximate surface area is 175 Å². The fourth-order valence-electron chi connectivity index (χ4n) is 2.62. The first-order valence-electron chi connectivity index (χ1n) is 10.7. The highest BCUT2D eigenvalue weighted by molar-refractivity contribution is 5.75. The summed E-state index contributed by atoms with van der Waals surface area (Å²) in [6.07, 6.45) is 25.7. The van der Waals surface area contributed by atoms with Crippen molar-refractivity contribution in [1.29, 1.82) is 0 Å². The zero-order chi connectivity index (χ0) is 21.2. The lowest BCUT2D eigenvalue weighted by Crippen LogP contribution is -2.25. The SMILES string of the molecule is CC/C=C\CC1OC1/C=C/C(O)C/C=C\C/C=C\C/C=C\CCC(=O)NCCO. The van der Waals surface area contributed by atoms with Crippen LogP contribution in [-0.2, 0) is 9.53 Å². The molecule has 1 heterocycles. The molecule has 1 amide bonds. The van der Waals surface area contributed by atoms with Gasteiger partial charge in [-0.25, -0.2) is 0 Å². The van der Waals surface area contributed by atoms with E-state index in [1.165, 1.54) is 0 Å². The molecule has 5 nitrogen and oxygen atoms in total. The average Bonchev–Trinajstić information content (AvgIpc) is 3.47. The number of nitrogens with one attached hydrogen (secondary N) is 1. The molecule has 0 aliphatic carbocycles. The Morgan fingerprint density at radius 1 is 1.07 bits per heavy atom. The Hall–Kier alpha value is -1.95. The third kappa shape index (κ3) is 14.7. The van der Waals surface area contributed by atoms with Gasteiger partial charge in [0, 0.05) is 13.0 Å². The predicted octanol–water partition coefficient (Wildman–Crippen LogP) is 3.75. The predicted molar refractivity (Wildman–Crippen MR) is 118 cm³/mol. The fourth-order valence-corrected chi connectivity index (χ4v) is 2.62. The topological polar surface area (TPSA) is 82.1 Å². The number of carbonyl (C=O) groups is 1. The van der Waals surface area contributed by atoms with Crippen molar-refractivity contribution in [1.82, 2.24) is 5.32 Å². The summed E-state index contributed by atoms with van der Waals surface area (Å²) < 4.78 is 5.54. The van der Waals surface area contributed by atoms with Crippen LogP contribution in [0.2, 0.25) is 0 Å². The monoisotopic (exact) mass is 403 g/mol. The summed E-state index contributed by atoms with van der Waals surface area (Å²) in [4.78, 5) is 11.3. The fraction of sp³-hybridized carbons (Fsp3) is 0.542. The number of allylic oxidation sites excluding steroid dienone is 6. The van der Waals surface area contributed by atoms with Gasteiger partial charge >= 0.3 is 0 Å². The Kier molecular flexibility index (Phi) is 14.7. The molecule has 1 fully saturated rings. The first-order chi connectivity index (χ1) is 14.2. The lowest BCUT2D eigenvalue weighted by molar-refractivity contribution is -0.121. The largest absolute Gasteiger partial charge is 0.395 e. The van der Waals surface area contributed by atoms with Gasteiger partial charge in [-0.2, -0.15) is 0 Å². The van der Waals surface area contributed by atoms with Gasteiger partial charge in [0.2, 0.25) is 5.91 Å². The lowest BCUT2D eigenvalue weighted by Gasteiger charge is -1.99. The van der Waals surface area contributed by atoms with E-state index in [1.807, 2.05) is 30.4 Å². The van der Waals surface area contributed by atoms with E-state index in [1.54, 1.807) is 0 Å². The standard InChI is InChI=1S/C24H37NO4/c1-2-3-11-15-22-23(29-22)18-17-21(27)14-12-9-7-5-4-6-8-10-13-16-24(28)25-19-20-26/h3-5,8-12,17-18,21-23,26-27H,2,6-7,13-16,19-20H2,1H3,(H,25,28)/b5-4-,10-8-,11-3-,12-9-,18-17+. The number of aliphatic hydroxyl groups excluding tert-OH is 2. The average molecular weight is 404 g/mol. The zero-order valence-electron chi connectivity index (χ0n) is 17.6. The number of epoxide rings is 1. The molecule has 0 aromatic carbocycles. The number of ether oxygens (including phenoxy) is 1. The summed E-state index contributed by atoms with van der Waals surface area (Å²) in [6, 6.07) is 0. The Bertz CT molecular complexity index is 577. The van der Waals surface area contributed by atoms with Crippen LogP contribution >= 0.6 is 0 Å². The number of hydrogen-bond donors (Lipinski definition) is 3. The van der Waals surface area contributed by atoms with E-state index in [-0.39, 0.29) is 24.7 Å². The van der Waals surface area contributed by atoms with Crippen molar-refractivity contribution in [2.24, 2.45) is 0 Å². The molecule has 0 aromatic rings. The molecule has 1 aliphatic heterocycles. The molecule has 29 heavy (non-hydrogen) atoms. The molecule has 0 radical (unpaired) electrons. The quantitative estimate of drug-likeness (QED) is 0.271. The van der Waals surface area contributed by atoms with E-state index in [2.05, 4.69) is 42.6 Å². The van der Waals surface area contributed by atoms with Gasteiger partial charge in [0.15, 0.2) is 0 Å². The van der Waals surface area contributed by atoms with Gasteiger partial charge in [-0.05, 0) is 38.5 Å². The van der Waals surface area contributed by atoms with Crippen LogP contribution in [-0.4, -0.2) is 47.6 Å². The molecule has 0 saturated carbocycles. The van der Waals surface area contributed by atoms with E-state index in [0.29, 0.717) is 25.8 Å². The van der Waals surface area contributed by atoms with Crippen molar-refractivity contribution >= 4 is 5.91 Å². The Morgan fingerprint density at radius 3 is 2.52 bits per heavy atom. The van der Waals surface area contributed by atoms with Gasteiger partial charge in [-0.15, -0.1) is 0 Å².